The molecule has 4 heteroatoms. The Hall–Kier alpha value is -0.160. The molecular formula is C13H28N2O2. The SMILES string of the molecule is COCCNCCN(C)CC1CCC(C)(C)O1. The lowest BCUT2D eigenvalue weighted by molar-refractivity contribution is -0.0258. The summed E-state index contributed by atoms with van der Waals surface area (Å²) in [6.45, 7) is 9.18. The maximum Gasteiger partial charge on any atom is 0.0710 e. The van der Waals surface area contributed by atoms with Crippen molar-refractivity contribution in [2.75, 3.05) is 46.9 Å². The molecule has 1 N–H and O–H groups in total. The van der Waals surface area contributed by atoms with Crippen molar-refractivity contribution in [1.82, 2.24) is 10.2 Å². The molecule has 0 aromatic carbocycles. The molecule has 0 radical (unpaired) electrons. The Morgan fingerprint density at radius 2 is 2.18 bits per heavy atom. The van der Waals surface area contributed by atoms with E-state index in [1.54, 1.807) is 7.11 Å². The van der Waals surface area contributed by atoms with Gasteiger partial charge in [-0.1, -0.05) is 0 Å². The van der Waals surface area contributed by atoms with Crippen molar-refractivity contribution in [2.24, 2.45) is 0 Å². The fraction of sp³-hybridized carbons (Fsp3) is 1.00. The number of nitrogens with one attached hydrogen (secondary N) is 1. The molecule has 0 aromatic heterocycles. The Bertz CT molecular complexity index is 210. The van der Waals surface area contributed by atoms with Gasteiger partial charge in [-0.05, 0) is 33.7 Å². The third-order valence-corrected chi connectivity index (χ3v) is 3.22. The van der Waals surface area contributed by atoms with Gasteiger partial charge in [-0.3, -0.25) is 0 Å². The predicted octanol–water partition coefficient (Wildman–Crippen LogP) is 1.11. The van der Waals surface area contributed by atoms with Crippen LogP contribution in [0.5, 0.6) is 0 Å². The molecule has 0 aliphatic carbocycles. The molecule has 1 fully saturated rings. The van der Waals surface area contributed by atoms with E-state index in [4.69, 9.17) is 9.47 Å². The van der Waals surface area contributed by atoms with Crippen LogP contribution in [-0.2, 0) is 9.47 Å². The van der Waals surface area contributed by atoms with Crippen molar-refractivity contribution in [3.8, 4) is 0 Å². The van der Waals surface area contributed by atoms with Crippen LogP contribution in [0, 0.1) is 0 Å². The highest BCUT2D eigenvalue weighted by Gasteiger charge is 2.31. The predicted molar refractivity (Wildman–Crippen MR) is 70.4 cm³/mol. The van der Waals surface area contributed by atoms with Gasteiger partial charge in [0.2, 0.25) is 0 Å². The molecular weight excluding hydrogens is 216 g/mol. The van der Waals surface area contributed by atoms with Crippen molar-refractivity contribution in [2.45, 2.75) is 38.4 Å². The standard InChI is InChI=1S/C13H28N2O2/c1-13(2)6-5-12(17-13)11-15(3)9-7-14-8-10-16-4/h12,14H,5-11H2,1-4H3. The Morgan fingerprint density at radius 1 is 1.41 bits per heavy atom. The molecule has 0 bridgehead atoms. The van der Waals surface area contributed by atoms with E-state index in [0.717, 1.165) is 32.8 Å². The Kier molecular flexibility index (Phi) is 6.41. The number of nitrogens with zero attached hydrogens (tertiary/aromatic N) is 1. The smallest absolute Gasteiger partial charge is 0.0710 e. The van der Waals surface area contributed by atoms with Crippen molar-refractivity contribution < 1.29 is 9.47 Å². The van der Waals surface area contributed by atoms with E-state index >= 15 is 0 Å². The molecule has 0 spiro atoms. The summed E-state index contributed by atoms with van der Waals surface area (Å²) in [4.78, 5) is 2.34. The first-order chi connectivity index (χ1) is 8.03. The van der Waals surface area contributed by atoms with Crippen LogP contribution in [0.25, 0.3) is 0 Å². The summed E-state index contributed by atoms with van der Waals surface area (Å²) in [5, 5.41) is 3.35. The summed E-state index contributed by atoms with van der Waals surface area (Å²) < 4.78 is 11.0. The molecule has 17 heavy (non-hydrogen) atoms. The molecule has 4 nitrogen and oxygen atoms in total. The number of hydrogen-bond acceptors (Lipinski definition) is 4. The average molecular weight is 244 g/mol. The molecule has 0 saturated carbocycles. The summed E-state index contributed by atoms with van der Waals surface area (Å²) in [6, 6.07) is 0. The third kappa shape index (κ3) is 6.36. The molecule has 0 amide bonds. The van der Waals surface area contributed by atoms with Gasteiger partial charge in [0, 0.05) is 33.3 Å². The van der Waals surface area contributed by atoms with Gasteiger partial charge < -0.3 is 19.7 Å². The first kappa shape index (κ1) is 14.9. The van der Waals surface area contributed by atoms with Crippen molar-refractivity contribution in [3.05, 3.63) is 0 Å². The highest BCUT2D eigenvalue weighted by atomic mass is 16.5. The van der Waals surface area contributed by atoms with Gasteiger partial charge in [-0.2, -0.15) is 0 Å². The van der Waals surface area contributed by atoms with Gasteiger partial charge in [0.1, 0.15) is 0 Å². The van der Waals surface area contributed by atoms with Gasteiger partial charge in [0.05, 0.1) is 18.3 Å². The number of methoxy groups -OCH3 is 1. The highest BCUT2D eigenvalue weighted by molar-refractivity contribution is 4.82. The van der Waals surface area contributed by atoms with Crippen LogP contribution in [0.3, 0.4) is 0 Å². The van der Waals surface area contributed by atoms with Gasteiger partial charge in [-0.15, -0.1) is 0 Å². The van der Waals surface area contributed by atoms with Crippen LogP contribution in [0.15, 0.2) is 0 Å². The molecule has 1 unspecified atom stereocenters. The van der Waals surface area contributed by atoms with Crippen LogP contribution >= 0.6 is 0 Å². The number of ether oxygens (including phenoxy) is 2. The Labute approximate surface area is 106 Å². The van der Waals surface area contributed by atoms with E-state index in [-0.39, 0.29) is 5.60 Å². The lowest BCUT2D eigenvalue weighted by atomic mass is 10.1. The van der Waals surface area contributed by atoms with E-state index in [9.17, 15) is 0 Å². The average Bonchev–Trinajstić information content (AvgIpc) is 2.57. The van der Waals surface area contributed by atoms with Gasteiger partial charge in [-0.25, -0.2) is 0 Å². The number of likely N-dealkylation sites (N-methyl/N-ethyl adjacent to an activating group) is 1. The molecule has 0 aromatic rings. The summed E-state index contributed by atoms with van der Waals surface area (Å²) in [7, 11) is 3.89. The minimum Gasteiger partial charge on any atom is -0.383 e. The fourth-order valence-corrected chi connectivity index (χ4v) is 2.21. The minimum absolute atomic E-state index is 0.0855. The van der Waals surface area contributed by atoms with Crippen molar-refractivity contribution in [3.63, 3.8) is 0 Å². The van der Waals surface area contributed by atoms with Crippen molar-refractivity contribution >= 4 is 0 Å². The molecule has 1 atom stereocenters. The van der Waals surface area contributed by atoms with E-state index in [0.29, 0.717) is 6.10 Å². The number of rotatable bonds is 8. The zero-order chi connectivity index (χ0) is 12.7. The molecule has 1 aliphatic heterocycles. The molecule has 1 rings (SSSR count). The maximum atomic E-state index is 5.98. The maximum absolute atomic E-state index is 5.98. The molecule has 1 aliphatic rings. The summed E-state index contributed by atoms with van der Waals surface area (Å²) in [5.41, 5.74) is 0.0855. The van der Waals surface area contributed by atoms with Crippen molar-refractivity contribution in [1.29, 1.82) is 0 Å². The molecule has 1 saturated heterocycles. The topological polar surface area (TPSA) is 33.7 Å². The molecule has 1 heterocycles. The van der Waals surface area contributed by atoms with E-state index in [1.165, 1.54) is 12.8 Å². The first-order valence-corrected chi connectivity index (χ1v) is 6.59. The Morgan fingerprint density at radius 3 is 2.76 bits per heavy atom. The monoisotopic (exact) mass is 244 g/mol. The number of hydrogen-bond donors (Lipinski definition) is 1. The van der Waals surface area contributed by atoms with E-state index in [2.05, 4.69) is 31.1 Å². The quantitative estimate of drug-likeness (QED) is 0.649. The largest absolute Gasteiger partial charge is 0.383 e. The second kappa shape index (κ2) is 7.31. The van der Waals surface area contributed by atoms with Gasteiger partial charge in [0.15, 0.2) is 0 Å². The first-order valence-electron chi connectivity index (χ1n) is 6.59. The van der Waals surface area contributed by atoms with Crippen LogP contribution in [0.1, 0.15) is 26.7 Å². The zero-order valence-electron chi connectivity index (χ0n) is 11.8. The lowest BCUT2D eigenvalue weighted by Crippen LogP contribution is -2.36. The normalized spacial score (nSPS) is 23.5. The second-order valence-electron chi connectivity index (χ2n) is 5.54. The van der Waals surface area contributed by atoms with E-state index < -0.39 is 0 Å². The van der Waals surface area contributed by atoms with Crippen LogP contribution in [0.2, 0.25) is 0 Å². The Balaban J connectivity index is 2.03. The third-order valence-electron chi connectivity index (χ3n) is 3.22. The van der Waals surface area contributed by atoms with Gasteiger partial charge >= 0.3 is 0 Å². The van der Waals surface area contributed by atoms with Crippen LogP contribution in [-0.4, -0.2) is 63.5 Å². The summed E-state index contributed by atoms with van der Waals surface area (Å²) >= 11 is 0. The van der Waals surface area contributed by atoms with Crippen LogP contribution in [0.4, 0.5) is 0 Å². The lowest BCUT2D eigenvalue weighted by Gasteiger charge is -2.23. The molecule has 102 valence electrons. The van der Waals surface area contributed by atoms with Gasteiger partial charge in [0.25, 0.3) is 0 Å². The zero-order valence-corrected chi connectivity index (χ0v) is 11.8. The van der Waals surface area contributed by atoms with E-state index in [1.807, 2.05) is 0 Å². The fourth-order valence-electron chi connectivity index (χ4n) is 2.21. The highest BCUT2D eigenvalue weighted by Crippen LogP contribution is 2.29. The van der Waals surface area contributed by atoms with Crippen LogP contribution < -0.4 is 5.32 Å². The second-order valence-corrected chi connectivity index (χ2v) is 5.54. The summed E-state index contributed by atoms with van der Waals surface area (Å²) in [5.74, 6) is 0. The minimum atomic E-state index is 0.0855. The summed E-state index contributed by atoms with van der Waals surface area (Å²) in [6.07, 6.45) is 2.78.